The number of carbonyl (C=O) groups excluding carboxylic acids is 1. The lowest BCUT2D eigenvalue weighted by Gasteiger charge is -1.88. The van der Waals surface area contributed by atoms with Gasteiger partial charge in [-0.05, 0) is 19.4 Å². The molecule has 0 spiro atoms. The van der Waals surface area contributed by atoms with E-state index in [1.807, 2.05) is 0 Å². The fourth-order valence-corrected chi connectivity index (χ4v) is 0.367. The van der Waals surface area contributed by atoms with E-state index in [9.17, 15) is 9.59 Å². The third-order valence-corrected chi connectivity index (χ3v) is 1.12. The van der Waals surface area contributed by atoms with Crippen molar-refractivity contribution in [3.8, 4) is 0 Å². The molecule has 60 valence electrons. The van der Waals surface area contributed by atoms with Crippen LogP contribution in [-0.4, -0.2) is 17.4 Å². The van der Waals surface area contributed by atoms with E-state index in [0.717, 1.165) is 0 Å². The summed E-state index contributed by atoms with van der Waals surface area (Å²) in [4.78, 5) is 20.3. The second kappa shape index (κ2) is 4.44. The predicted molar refractivity (Wildman–Crippen MR) is 41.2 cm³/mol. The van der Waals surface area contributed by atoms with Gasteiger partial charge >= 0.3 is 5.97 Å². The molecule has 0 aliphatic rings. The van der Waals surface area contributed by atoms with E-state index in [1.54, 1.807) is 6.92 Å². The Bertz CT molecular complexity index is 223. The molecule has 11 heavy (non-hydrogen) atoms. The largest absolute Gasteiger partial charge is 0.478 e. The summed E-state index contributed by atoms with van der Waals surface area (Å²) in [6.45, 7) is 3.08. The molecule has 0 amide bonds. The molecule has 0 aromatic carbocycles. The van der Waals surface area contributed by atoms with E-state index in [-0.39, 0.29) is 5.57 Å². The lowest BCUT2D eigenvalue weighted by molar-refractivity contribution is -0.132. The first kappa shape index (κ1) is 9.62. The first-order chi connectivity index (χ1) is 5.07. The maximum Gasteiger partial charge on any atom is 0.331 e. The molecule has 3 nitrogen and oxygen atoms in total. The molecule has 0 aromatic rings. The van der Waals surface area contributed by atoms with E-state index < -0.39 is 5.97 Å². The Morgan fingerprint density at radius 3 is 2.18 bits per heavy atom. The van der Waals surface area contributed by atoms with Gasteiger partial charge in [0.05, 0.1) is 0 Å². The van der Waals surface area contributed by atoms with E-state index in [0.29, 0.717) is 11.9 Å². The van der Waals surface area contributed by atoms with Crippen molar-refractivity contribution >= 4 is 12.3 Å². The van der Waals surface area contributed by atoms with Gasteiger partial charge in [-0.1, -0.05) is 12.2 Å². The van der Waals surface area contributed by atoms with E-state index >= 15 is 0 Å². The summed E-state index contributed by atoms with van der Waals surface area (Å²) < 4.78 is 0. The molecule has 3 heteroatoms. The number of carboxylic acids is 1. The van der Waals surface area contributed by atoms with Gasteiger partial charge < -0.3 is 5.11 Å². The zero-order valence-corrected chi connectivity index (χ0v) is 6.50. The molecule has 0 unspecified atom stereocenters. The van der Waals surface area contributed by atoms with Crippen molar-refractivity contribution in [1.82, 2.24) is 0 Å². The summed E-state index contributed by atoms with van der Waals surface area (Å²) >= 11 is 0. The normalized spacial score (nSPS) is 12.9. The van der Waals surface area contributed by atoms with Crippen LogP contribution in [0.25, 0.3) is 0 Å². The zero-order valence-electron chi connectivity index (χ0n) is 6.50. The minimum Gasteiger partial charge on any atom is -0.478 e. The summed E-state index contributed by atoms with van der Waals surface area (Å²) in [5.41, 5.74) is 0.719. The van der Waals surface area contributed by atoms with Gasteiger partial charge in [0.15, 0.2) is 0 Å². The maximum absolute atomic E-state index is 10.2. The van der Waals surface area contributed by atoms with Crippen molar-refractivity contribution in [2.24, 2.45) is 0 Å². The van der Waals surface area contributed by atoms with Gasteiger partial charge in [0, 0.05) is 5.57 Å². The van der Waals surface area contributed by atoms with Gasteiger partial charge in [0.25, 0.3) is 0 Å². The second-order valence-corrected chi connectivity index (χ2v) is 2.18. The number of carbonyl (C=O) groups is 2. The van der Waals surface area contributed by atoms with Crippen molar-refractivity contribution in [1.29, 1.82) is 0 Å². The molecule has 0 atom stereocenters. The molecule has 0 rings (SSSR count). The zero-order chi connectivity index (χ0) is 8.85. The molecular weight excluding hydrogens is 144 g/mol. The molecule has 0 saturated heterocycles. The Morgan fingerprint density at radius 1 is 1.27 bits per heavy atom. The molecule has 0 bridgehead atoms. The highest BCUT2D eigenvalue weighted by Gasteiger charge is 1.95. The third-order valence-electron chi connectivity index (χ3n) is 1.12. The van der Waals surface area contributed by atoms with Gasteiger partial charge in [-0.2, -0.15) is 0 Å². The number of rotatable bonds is 3. The van der Waals surface area contributed by atoms with E-state index in [2.05, 4.69) is 0 Å². The fraction of sp³-hybridized carbons (Fsp3) is 0.250. The first-order valence-electron chi connectivity index (χ1n) is 3.11. The summed E-state index contributed by atoms with van der Waals surface area (Å²) in [7, 11) is 0. The highest BCUT2D eigenvalue weighted by molar-refractivity contribution is 5.86. The SMILES string of the molecule is CC(C=O)=CC=C(C)C(=O)O. The Morgan fingerprint density at radius 2 is 1.82 bits per heavy atom. The standard InChI is InChI=1S/C8H10O3/c1-6(5-9)3-4-7(2)8(10)11/h3-5H,1-2H3,(H,10,11). The second-order valence-electron chi connectivity index (χ2n) is 2.18. The van der Waals surface area contributed by atoms with Gasteiger partial charge in [0.2, 0.25) is 0 Å². The number of allylic oxidation sites excluding steroid dienone is 3. The summed E-state index contributed by atoms with van der Waals surface area (Å²) in [6, 6.07) is 0. The van der Waals surface area contributed by atoms with Gasteiger partial charge in [-0.3, -0.25) is 4.79 Å². The molecule has 0 radical (unpaired) electrons. The van der Waals surface area contributed by atoms with Crippen LogP contribution in [0.15, 0.2) is 23.3 Å². The van der Waals surface area contributed by atoms with Crippen LogP contribution in [-0.2, 0) is 9.59 Å². The molecule has 1 N–H and O–H groups in total. The molecule has 0 aliphatic heterocycles. The van der Waals surface area contributed by atoms with Gasteiger partial charge in [-0.15, -0.1) is 0 Å². The smallest absolute Gasteiger partial charge is 0.331 e. The quantitative estimate of drug-likeness (QED) is 0.377. The van der Waals surface area contributed by atoms with Crippen LogP contribution in [0.3, 0.4) is 0 Å². The number of hydrogen-bond acceptors (Lipinski definition) is 2. The molecule has 0 aliphatic carbocycles. The number of hydrogen-bond donors (Lipinski definition) is 1. The highest BCUT2D eigenvalue weighted by atomic mass is 16.4. The summed E-state index contributed by atoms with van der Waals surface area (Å²) in [6.07, 6.45) is 3.54. The van der Waals surface area contributed by atoms with Gasteiger partial charge in [-0.25, -0.2) is 4.79 Å². The molecule has 0 aromatic heterocycles. The highest BCUT2D eigenvalue weighted by Crippen LogP contribution is 1.95. The monoisotopic (exact) mass is 154 g/mol. The van der Waals surface area contributed by atoms with Crippen molar-refractivity contribution in [3.63, 3.8) is 0 Å². The fourth-order valence-electron chi connectivity index (χ4n) is 0.367. The summed E-state index contributed by atoms with van der Waals surface area (Å²) in [5, 5.41) is 8.38. The topological polar surface area (TPSA) is 54.4 Å². The third kappa shape index (κ3) is 4.08. The number of aldehydes is 1. The average Bonchev–Trinajstić information content (AvgIpc) is 1.99. The minimum absolute atomic E-state index is 0.214. The van der Waals surface area contributed by atoms with Crippen LogP contribution in [0.5, 0.6) is 0 Å². The predicted octanol–water partition coefficient (Wildman–Crippen LogP) is 1.16. The average molecular weight is 154 g/mol. The van der Waals surface area contributed by atoms with E-state index in [1.165, 1.54) is 19.1 Å². The van der Waals surface area contributed by atoms with Crippen molar-refractivity contribution in [2.75, 3.05) is 0 Å². The van der Waals surface area contributed by atoms with Crippen molar-refractivity contribution < 1.29 is 14.7 Å². The molecule has 0 heterocycles. The van der Waals surface area contributed by atoms with Crippen molar-refractivity contribution in [2.45, 2.75) is 13.8 Å². The van der Waals surface area contributed by atoms with Crippen LogP contribution in [0.2, 0.25) is 0 Å². The minimum atomic E-state index is -0.972. The van der Waals surface area contributed by atoms with Gasteiger partial charge in [0.1, 0.15) is 6.29 Å². The van der Waals surface area contributed by atoms with E-state index in [4.69, 9.17) is 5.11 Å². The van der Waals surface area contributed by atoms with Crippen LogP contribution in [0.1, 0.15) is 13.8 Å². The number of carboxylic acid groups (broad SMARTS) is 1. The lowest BCUT2D eigenvalue weighted by atomic mass is 10.2. The van der Waals surface area contributed by atoms with Crippen LogP contribution in [0, 0.1) is 0 Å². The Balaban J connectivity index is 4.34. The number of aliphatic carboxylic acids is 1. The molecule has 0 fully saturated rings. The summed E-state index contributed by atoms with van der Waals surface area (Å²) in [5.74, 6) is -0.972. The van der Waals surface area contributed by atoms with Crippen molar-refractivity contribution in [3.05, 3.63) is 23.3 Å². The molecular formula is C8H10O3. The van der Waals surface area contributed by atoms with Crippen LogP contribution in [0.4, 0.5) is 0 Å². The maximum atomic E-state index is 10.2. The Hall–Kier alpha value is -1.38. The Kier molecular flexibility index (Phi) is 3.88. The first-order valence-corrected chi connectivity index (χ1v) is 3.11. The van der Waals surface area contributed by atoms with Crippen LogP contribution < -0.4 is 0 Å². The van der Waals surface area contributed by atoms with Crippen LogP contribution >= 0.6 is 0 Å². The Labute approximate surface area is 65.0 Å². The molecule has 0 saturated carbocycles. The lowest BCUT2D eigenvalue weighted by Crippen LogP contribution is -1.94.